The Hall–Kier alpha value is -1.78. The molecule has 0 saturated carbocycles. The highest BCUT2D eigenvalue weighted by Gasteiger charge is 2.27. The number of aliphatic hydroxyl groups is 1. The second-order valence-electron chi connectivity index (χ2n) is 7.11. The average Bonchev–Trinajstić information content (AvgIpc) is 2.87. The molecule has 1 aliphatic rings. The molecular formula is C20H27NO6S2. The molecule has 0 aromatic heterocycles. The van der Waals surface area contributed by atoms with Gasteiger partial charge in [-0.1, -0.05) is 35.4 Å². The maximum atomic E-state index is 12.4. The van der Waals surface area contributed by atoms with Gasteiger partial charge in [-0.25, -0.2) is 8.42 Å². The Morgan fingerprint density at radius 3 is 1.79 bits per heavy atom. The zero-order valence-corrected chi connectivity index (χ0v) is 18.2. The molecule has 1 unspecified atom stereocenters. The van der Waals surface area contributed by atoms with Gasteiger partial charge in [-0.15, -0.1) is 0 Å². The molecule has 2 N–H and O–H groups in total. The molecule has 1 atom stereocenters. The summed E-state index contributed by atoms with van der Waals surface area (Å²) >= 11 is 0. The lowest BCUT2D eigenvalue weighted by Crippen LogP contribution is -2.36. The van der Waals surface area contributed by atoms with Crippen LogP contribution in [0.25, 0.3) is 0 Å². The van der Waals surface area contributed by atoms with Crippen LogP contribution in [-0.2, 0) is 20.1 Å². The van der Waals surface area contributed by atoms with Crippen molar-refractivity contribution in [3.05, 3.63) is 59.7 Å². The van der Waals surface area contributed by atoms with Crippen LogP contribution in [0.15, 0.2) is 58.3 Å². The lowest BCUT2D eigenvalue weighted by atomic mass is 10.2. The van der Waals surface area contributed by atoms with E-state index in [2.05, 4.69) is 0 Å². The van der Waals surface area contributed by atoms with Crippen molar-refractivity contribution in [2.45, 2.75) is 49.0 Å². The van der Waals surface area contributed by atoms with E-state index >= 15 is 0 Å². The first-order valence-electron chi connectivity index (χ1n) is 9.29. The zero-order valence-electron chi connectivity index (χ0n) is 16.5. The highest BCUT2D eigenvalue weighted by molar-refractivity contribution is 7.89. The van der Waals surface area contributed by atoms with Gasteiger partial charge in [-0.3, -0.25) is 4.55 Å². The Balaban J connectivity index is 0.000000234. The van der Waals surface area contributed by atoms with Crippen LogP contribution in [0.4, 0.5) is 0 Å². The first kappa shape index (κ1) is 23.5. The molecule has 0 radical (unpaired) electrons. The van der Waals surface area contributed by atoms with Crippen LogP contribution < -0.4 is 0 Å². The number of hydrogen-bond acceptors (Lipinski definition) is 5. The predicted molar refractivity (Wildman–Crippen MR) is 111 cm³/mol. The van der Waals surface area contributed by atoms with E-state index in [1.54, 1.807) is 36.4 Å². The number of nitrogens with zero attached hydrogens (tertiary/aromatic N) is 1. The SMILES string of the molecule is Cc1ccc(S(=O)(=O)N2CCCCC(O)C2)cc1.Cc1ccc(S(=O)(=O)O)cc1. The van der Waals surface area contributed by atoms with E-state index in [9.17, 15) is 21.9 Å². The van der Waals surface area contributed by atoms with Crippen molar-refractivity contribution in [3.8, 4) is 0 Å². The van der Waals surface area contributed by atoms with E-state index in [1.807, 2.05) is 13.8 Å². The smallest absolute Gasteiger partial charge is 0.294 e. The standard InChI is InChI=1S/C13H19NO3S.C7H8O3S/c1-11-5-7-13(8-6-11)18(16,17)14-9-3-2-4-12(15)10-14;1-6-2-4-7(5-3-6)11(8,9)10/h5-8,12,15H,2-4,9-10H2,1H3;2-5H,1H3,(H,8,9,10). The lowest BCUT2D eigenvalue weighted by Gasteiger charge is -2.21. The maximum absolute atomic E-state index is 12.4. The van der Waals surface area contributed by atoms with Crippen molar-refractivity contribution < 1.29 is 26.5 Å². The van der Waals surface area contributed by atoms with Gasteiger partial charge in [-0.05, 0) is 57.4 Å². The van der Waals surface area contributed by atoms with E-state index in [0.29, 0.717) is 17.9 Å². The number of sulfonamides is 1. The summed E-state index contributed by atoms with van der Waals surface area (Å²) in [6.45, 7) is 4.46. The Kier molecular flexibility index (Phi) is 7.95. The van der Waals surface area contributed by atoms with Crippen molar-refractivity contribution in [1.29, 1.82) is 0 Å². The van der Waals surface area contributed by atoms with Crippen LogP contribution in [-0.4, -0.2) is 50.0 Å². The molecule has 7 nitrogen and oxygen atoms in total. The number of β-amino-alcohol motifs (C(OH)–C–C–N with tert-alkyl or cyclic N) is 1. The molecular weight excluding hydrogens is 414 g/mol. The van der Waals surface area contributed by atoms with Gasteiger partial charge in [0.2, 0.25) is 10.0 Å². The molecule has 160 valence electrons. The minimum absolute atomic E-state index is 0.0666. The summed E-state index contributed by atoms with van der Waals surface area (Å²) in [5.41, 5.74) is 1.99. The van der Waals surface area contributed by atoms with Crippen LogP contribution in [0.3, 0.4) is 0 Å². The normalized spacial score (nSPS) is 18.4. The summed E-state index contributed by atoms with van der Waals surface area (Å²) in [6, 6.07) is 12.8. The Morgan fingerprint density at radius 2 is 1.31 bits per heavy atom. The summed E-state index contributed by atoms with van der Waals surface area (Å²) in [5.74, 6) is 0. The van der Waals surface area contributed by atoms with Gasteiger partial charge in [0.25, 0.3) is 10.1 Å². The Morgan fingerprint density at radius 1 is 0.828 bits per heavy atom. The summed E-state index contributed by atoms with van der Waals surface area (Å²) in [4.78, 5) is 0.241. The van der Waals surface area contributed by atoms with E-state index in [1.165, 1.54) is 16.4 Å². The average molecular weight is 442 g/mol. The maximum Gasteiger partial charge on any atom is 0.294 e. The fourth-order valence-corrected chi connectivity index (χ4v) is 4.87. The molecule has 0 bridgehead atoms. The van der Waals surface area contributed by atoms with Gasteiger partial charge >= 0.3 is 0 Å². The Bertz CT molecular complexity index is 1000. The molecule has 3 rings (SSSR count). The number of hydrogen-bond donors (Lipinski definition) is 2. The molecule has 1 aliphatic heterocycles. The molecule has 0 spiro atoms. The molecule has 1 saturated heterocycles. The van der Waals surface area contributed by atoms with Gasteiger partial charge in [0, 0.05) is 13.1 Å². The largest absolute Gasteiger partial charge is 0.392 e. The lowest BCUT2D eigenvalue weighted by molar-refractivity contribution is 0.148. The minimum atomic E-state index is -4.02. The summed E-state index contributed by atoms with van der Waals surface area (Å²) in [7, 11) is -7.48. The fourth-order valence-electron chi connectivity index (χ4n) is 2.87. The fraction of sp³-hybridized carbons (Fsp3) is 0.400. The van der Waals surface area contributed by atoms with Gasteiger partial charge in [0.1, 0.15) is 0 Å². The van der Waals surface area contributed by atoms with Crippen LogP contribution in [0, 0.1) is 13.8 Å². The summed E-state index contributed by atoms with van der Waals surface area (Å²) in [6.07, 6.45) is 1.82. The van der Waals surface area contributed by atoms with E-state index in [4.69, 9.17) is 4.55 Å². The van der Waals surface area contributed by atoms with Gasteiger partial charge in [0.05, 0.1) is 15.9 Å². The van der Waals surface area contributed by atoms with Crippen molar-refractivity contribution in [1.82, 2.24) is 4.31 Å². The number of aryl methyl sites for hydroxylation is 2. The van der Waals surface area contributed by atoms with Crippen LogP contribution in [0.5, 0.6) is 0 Å². The topological polar surface area (TPSA) is 112 Å². The second kappa shape index (κ2) is 9.82. The van der Waals surface area contributed by atoms with Crippen LogP contribution in [0.2, 0.25) is 0 Å². The Labute approximate surface area is 172 Å². The molecule has 2 aromatic carbocycles. The highest BCUT2D eigenvalue weighted by atomic mass is 32.2. The third-order valence-electron chi connectivity index (χ3n) is 4.59. The molecule has 1 fully saturated rings. The summed E-state index contributed by atoms with van der Waals surface area (Å²) in [5, 5.41) is 9.71. The summed E-state index contributed by atoms with van der Waals surface area (Å²) < 4.78 is 55.8. The van der Waals surface area contributed by atoms with Crippen LogP contribution >= 0.6 is 0 Å². The second-order valence-corrected chi connectivity index (χ2v) is 10.5. The van der Waals surface area contributed by atoms with Crippen molar-refractivity contribution in [3.63, 3.8) is 0 Å². The van der Waals surface area contributed by atoms with Gasteiger partial charge in [0.15, 0.2) is 0 Å². The number of benzene rings is 2. The quantitative estimate of drug-likeness (QED) is 0.709. The highest BCUT2D eigenvalue weighted by Crippen LogP contribution is 2.20. The van der Waals surface area contributed by atoms with Crippen molar-refractivity contribution in [2.75, 3.05) is 13.1 Å². The molecule has 1 heterocycles. The number of aliphatic hydroxyl groups excluding tert-OH is 1. The third kappa shape index (κ3) is 6.90. The van der Waals surface area contributed by atoms with E-state index in [0.717, 1.165) is 24.0 Å². The first-order valence-corrected chi connectivity index (χ1v) is 12.2. The predicted octanol–water partition coefficient (Wildman–Crippen LogP) is 2.77. The van der Waals surface area contributed by atoms with Gasteiger partial charge in [-0.2, -0.15) is 12.7 Å². The zero-order chi connectivity index (χ0) is 21.7. The third-order valence-corrected chi connectivity index (χ3v) is 7.33. The van der Waals surface area contributed by atoms with Crippen molar-refractivity contribution >= 4 is 20.1 Å². The van der Waals surface area contributed by atoms with Crippen LogP contribution in [0.1, 0.15) is 30.4 Å². The van der Waals surface area contributed by atoms with Gasteiger partial charge < -0.3 is 5.11 Å². The number of rotatable bonds is 3. The molecule has 0 amide bonds. The minimum Gasteiger partial charge on any atom is -0.392 e. The van der Waals surface area contributed by atoms with E-state index in [-0.39, 0.29) is 11.4 Å². The first-order chi connectivity index (χ1) is 13.5. The van der Waals surface area contributed by atoms with E-state index < -0.39 is 26.2 Å². The molecule has 0 aliphatic carbocycles. The molecule has 9 heteroatoms. The molecule has 2 aromatic rings. The van der Waals surface area contributed by atoms with Crippen molar-refractivity contribution in [2.24, 2.45) is 0 Å². The monoisotopic (exact) mass is 441 g/mol. The molecule has 29 heavy (non-hydrogen) atoms.